The molecule has 0 radical (unpaired) electrons. The maximum atomic E-state index is 12.6. The fraction of sp³-hybridized carbons (Fsp3) is 0.375. The first kappa shape index (κ1) is 21.8. The minimum atomic E-state index is -0.780. The first-order valence-electron chi connectivity index (χ1n) is 7.62. The third-order valence-electron chi connectivity index (χ3n) is 2.85. The van der Waals surface area contributed by atoms with Crippen molar-refractivity contribution >= 4 is 46.9 Å². The molecule has 0 aliphatic carbocycles. The van der Waals surface area contributed by atoms with Crippen LogP contribution >= 0.6 is 23.9 Å². The van der Waals surface area contributed by atoms with E-state index in [1.165, 1.54) is 18.8 Å². The van der Waals surface area contributed by atoms with Gasteiger partial charge in [0, 0.05) is 12.6 Å². The average molecular weight is 399 g/mol. The summed E-state index contributed by atoms with van der Waals surface area (Å²) in [6.07, 6.45) is 1.02. The Labute approximate surface area is 161 Å². The molecule has 0 aliphatic rings. The Morgan fingerprint density at radius 1 is 1.19 bits per heavy atom. The number of ether oxygens (including phenoxy) is 1. The number of rotatable bonds is 7. The minimum absolute atomic E-state index is 0.192. The van der Waals surface area contributed by atoms with Crippen LogP contribution < -0.4 is 0 Å². The molecule has 0 saturated heterocycles. The molecule has 0 unspecified atom stereocenters. The molecule has 0 spiro atoms. The summed E-state index contributed by atoms with van der Waals surface area (Å²) in [6, 6.07) is 8.42. The zero-order valence-corrected chi connectivity index (χ0v) is 16.6. The zero-order valence-electron chi connectivity index (χ0n) is 15.0. The van der Waals surface area contributed by atoms with Crippen molar-refractivity contribution in [1.29, 1.82) is 0 Å². The lowest BCUT2D eigenvalue weighted by molar-refractivity contribution is -0.142. The normalized spacial score (nSPS) is 10.8. The van der Waals surface area contributed by atoms with Crippen LogP contribution in [-0.2, 0) is 14.4 Å². The van der Waals surface area contributed by atoms with E-state index in [2.05, 4.69) is 5.16 Å². The molecule has 1 aromatic carbocycles. The number of nitrogens with zero attached hydrogens (tertiary/aromatic N) is 3. The summed E-state index contributed by atoms with van der Waals surface area (Å²) in [5.41, 5.74) is 0.377. The Hall–Kier alpha value is -2.20. The van der Waals surface area contributed by atoms with Crippen LogP contribution in [0.5, 0.6) is 0 Å². The first-order chi connectivity index (χ1) is 12.4. The van der Waals surface area contributed by atoms with Gasteiger partial charge in [-0.2, -0.15) is 0 Å². The van der Waals surface area contributed by atoms with Gasteiger partial charge in [0.15, 0.2) is 0 Å². The predicted octanol–water partition coefficient (Wildman–Crippen LogP) is 3.02. The van der Waals surface area contributed by atoms with Gasteiger partial charge in [0.25, 0.3) is 5.91 Å². The van der Waals surface area contributed by atoms with Crippen molar-refractivity contribution in [1.82, 2.24) is 8.61 Å². The van der Waals surface area contributed by atoms with Crippen molar-refractivity contribution in [3.05, 3.63) is 35.9 Å². The van der Waals surface area contributed by atoms with E-state index in [1.807, 2.05) is 0 Å². The van der Waals surface area contributed by atoms with E-state index in [-0.39, 0.29) is 13.2 Å². The summed E-state index contributed by atoms with van der Waals surface area (Å²) in [5, 5.41) is 4.21. The van der Waals surface area contributed by atoms with Gasteiger partial charge in [-0.05, 0) is 32.2 Å². The molecular formula is C16H21N3O5S2. The van der Waals surface area contributed by atoms with Crippen LogP contribution in [0.25, 0.3) is 0 Å². The van der Waals surface area contributed by atoms with Crippen LogP contribution in [0.3, 0.4) is 0 Å². The van der Waals surface area contributed by atoms with Gasteiger partial charge in [-0.25, -0.2) is 9.10 Å². The number of amides is 2. The molecule has 8 nitrogen and oxygen atoms in total. The molecule has 0 aromatic heterocycles. The Morgan fingerprint density at radius 3 is 2.42 bits per heavy atom. The van der Waals surface area contributed by atoms with Gasteiger partial charge >= 0.3 is 12.1 Å². The highest BCUT2D eigenvalue weighted by molar-refractivity contribution is 8.13. The topological polar surface area (TPSA) is 88.5 Å². The molecule has 26 heavy (non-hydrogen) atoms. The average Bonchev–Trinajstić information content (AvgIpc) is 2.65. The fourth-order valence-electron chi connectivity index (χ4n) is 1.57. The van der Waals surface area contributed by atoms with Crippen molar-refractivity contribution in [2.75, 3.05) is 26.5 Å². The van der Waals surface area contributed by atoms with Gasteiger partial charge in [0.05, 0.1) is 18.7 Å². The summed E-state index contributed by atoms with van der Waals surface area (Å²) < 4.78 is 7.08. The first-order valence-corrected chi connectivity index (χ1v) is 9.58. The number of benzene rings is 1. The SMILES string of the molecule is CCOC(=O)CN(SN(C)C(=O)ON=C(C)SC)C(=O)c1ccccc1. The van der Waals surface area contributed by atoms with Crippen molar-refractivity contribution in [2.24, 2.45) is 5.16 Å². The van der Waals surface area contributed by atoms with Gasteiger partial charge in [0.1, 0.15) is 11.6 Å². The van der Waals surface area contributed by atoms with E-state index in [1.54, 1.807) is 50.4 Å². The molecule has 0 saturated carbocycles. The Bertz CT molecular complexity index is 655. The lowest BCUT2D eigenvalue weighted by Crippen LogP contribution is -2.35. The third kappa shape index (κ3) is 7.36. The Morgan fingerprint density at radius 2 is 1.85 bits per heavy atom. The van der Waals surface area contributed by atoms with E-state index < -0.39 is 18.0 Å². The van der Waals surface area contributed by atoms with E-state index >= 15 is 0 Å². The smallest absolute Gasteiger partial charge is 0.447 e. The van der Waals surface area contributed by atoms with Crippen LogP contribution in [0, 0.1) is 0 Å². The molecule has 142 valence electrons. The van der Waals surface area contributed by atoms with Crippen molar-refractivity contribution in [3.63, 3.8) is 0 Å². The Balaban J connectivity index is 2.85. The second-order valence-electron chi connectivity index (χ2n) is 4.76. The molecular weight excluding hydrogens is 378 g/mol. The van der Waals surface area contributed by atoms with Gasteiger partial charge in [-0.15, -0.1) is 11.8 Å². The number of hydrogen-bond donors (Lipinski definition) is 0. The largest absolute Gasteiger partial charge is 0.465 e. The molecule has 0 bridgehead atoms. The highest BCUT2D eigenvalue weighted by Crippen LogP contribution is 2.19. The number of carbonyl (C=O) groups is 3. The third-order valence-corrected chi connectivity index (χ3v) is 4.40. The molecule has 2 amide bonds. The lowest BCUT2D eigenvalue weighted by Gasteiger charge is -2.24. The minimum Gasteiger partial charge on any atom is -0.465 e. The lowest BCUT2D eigenvalue weighted by atomic mass is 10.2. The molecule has 0 fully saturated rings. The van der Waals surface area contributed by atoms with Gasteiger partial charge < -0.3 is 4.74 Å². The molecule has 0 aliphatic heterocycles. The summed E-state index contributed by atoms with van der Waals surface area (Å²) in [7, 11) is 1.41. The predicted molar refractivity (Wildman–Crippen MR) is 103 cm³/mol. The fourth-order valence-corrected chi connectivity index (χ4v) is 2.42. The highest BCUT2D eigenvalue weighted by atomic mass is 32.2. The van der Waals surface area contributed by atoms with Crippen LogP contribution in [0.1, 0.15) is 24.2 Å². The number of thioether (sulfide) groups is 1. The van der Waals surface area contributed by atoms with Gasteiger partial charge in [0.2, 0.25) is 0 Å². The maximum absolute atomic E-state index is 12.6. The maximum Gasteiger partial charge on any atom is 0.447 e. The number of hydrogen-bond acceptors (Lipinski definition) is 8. The molecule has 10 heteroatoms. The monoisotopic (exact) mass is 399 g/mol. The molecule has 1 aromatic rings. The standard InChI is InChI=1S/C16H21N3O5S2/c1-5-23-14(20)11-19(15(21)13-9-7-6-8-10-13)26-18(3)16(22)24-17-12(2)25-4/h6-10H,5,11H2,1-4H3. The van der Waals surface area contributed by atoms with E-state index in [0.29, 0.717) is 10.6 Å². The van der Waals surface area contributed by atoms with E-state index in [9.17, 15) is 14.4 Å². The van der Waals surface area contributed by atoms with Gasteiger partial charge in [-0.1, -0.05) is 23.4 Å². The van der Waals surface area contributed by atoms with Crippen LogP contribution in [0.15, 0.2) is 35.5 Å². The van der Waals surface area contributed by atoms with Crippen molar-refractivity contribution < 1.29 is 24.0 Å². The summed E-state index contributed by atoms with van der Waals surface area (Å²) in [6.45, 7) is 3.23. The van der Waals surface area contributed by atoms with E-state index in [0.717, 1.165) is 20.7 Å². The van der Waals surface area contributed by atoms with Crippen LogP contribution in [0.4, 0.5) is 4.79 Å². The summed E-state index contributed by atoms with van der Waals surface area (Å²) in [4.78, 5) is 41.2. The highest BCUT2D eigenvalue weighted by Gasteiger charge is 2.25. The van der Waals surface area contributed by atoms with E-state index in [4.69, 9.17) is 9.57 Å². The number of oxime groups is 1. The second-order valence-corrected chi connectivity index (χ2v) is 6.91. The van der Waals surface area contributed by atoms with Crippen molar-refractivity contribution in [2.45, 2.75) is 13.8 Å². The molecule has 0 N–H and O–H groups in total. The molecule has 1 rings (SSSR count). The second kappa shape index (κ2) is 11.4. The molecule has 0 atom stereocenters. The summed E-state index contributed by atoms with van der Waals surface area (Å²) in [5.74, 6) is -1.02. The number of carbonyl (C=O) groups excluding carboxylic acids is 3. The quantitative estimate of drug-likeness (QED) is 0.174. The van der Waals surface area contributed by atoms with Crippen molar-refractivity contribution in [3.8, 4) is 0 Å². The summed E-state index contributed by atoms with van der Waals surface area (Å²) >= 11 is 2.07. The number of esters is 1. The molecule has 0 heterocycles. The Kier molecular flexibility index (Phi) is 9.60. The zero-order chi connectivity index (χ0) is 19.5. The van der Waals surface area contributed by atoms with Gasteiger partial charge in [-0.3, -0.25) is 18.7 Å². The van der Waals surface area contributed by atoms with Crippen LogP contribution in [-0.4, -0.2) is 58.1 Å². The van der Waals surface area contributed by atoms with Crippen LogP contribution in [0.2, 0.25) is 0 Å².